The molecule has 1 aliphatic rings. The van der Waals surface area contributed by atoms with Crippen LogP contribution in [0.4, 0.5) is 0 Å². The fraction of sp³-hybridized carbons (Fsp3) is 0.889. The number of hydrogen-bond acceptors (Lipinski definition) is 1. The van der Waals surface area contributed by atoms with Crippen LogP contribution >= 0.6 is 0 Å². The second-order valence-corrected chi connectivity index (χ2v) is 3.99. The van der Waals surface area contributed by atoms with E-state index in [1.807, 2.05) is 0 Å². The summed E-state index contributed by atoms with van der Waals surface area (Å²) in [7, 11) is 0. The molecule has 1 heteroatoms. The average Bonchev–Trinajstić information content (AvgIpc) is 2.08. The van der Waals surface area contributed by atoms with Crippen LogP contribution < -0.4 is 0 Å². The van der Waals surface area contributed by atoms with Crippen molar-refractivity contribution in [1.82, 2.24) is 0 Å². The first-order valence-corrected chi connectivity index (χ1v) is 4.09. The van der Waals surface area contributed by atoms with Gasteiger partial charge in [-0.15, -0.1) is 0 Å². The maximum Gasteiger partial charge on any atom is 0.138 e. The molecule has 0 amide bonds. The molecule has 0 saturated heterocycles. The second kappa shape index (κ2) is 2.37. The summed E-state index contributed by atoms with van der Waals surface area (Å²) in [5.74, 6) is 1.13. The van der Waals surface area contributed by atoms with Crippen LogP contribution in [0.3, 0.4) is 0 Å². The number of Topliss-reactive ketones (excluding diaryl/α,β-unsaturated/α-hetero) is 1. The lowest BCUT2D eigenvalue weighted by Crippen LogP contribution is -2.15. The standard InChI is InChI=1S/C9H16O/c1-4-7-5-8(10)9(2,3)6-7/h7H,4-6H2,1-3H3. The van der Waals surface area contributed by atoms with Gasteiger partial charge in [-0.05, 0) is 12.3 Å². The Morgan fingerprint density at radius 3 is 2.40 bits per heavy atom. The largest absolute Gasteiger partial charge is 0.299 e. The van der Waals surface area contributed by atoms with Crippen LogP contribution in [-0.2, 0) is 4.79 Å². The number of carbonyl (C=O) groups is 1. The highest BCUT2D eigenvalue weighted by Gasteiger charge is 2.37. The minimum Gasteiger partial charge on any atom is -0.299 e. The fourth-order valence-electron chi connectivity index (χ4n) is 1.73. The summed E-state index contributed by atoms with van der Waals surface area (Å²) >= 11 is 0. The van der Waals surface area contributed by atoms with Gasteiger partial charge < -0.3 is 0 Å². The molecule has 1 nitrogen and oxygen atoms in total. The van der Waals surface area contributed by atoms with E-state index in [0.717, 1.165) is 19.3 Å². The number of rotatable bonds is 1. The molecule has 0 aromatic heterocycles. The van der Waals surface area contributed by atoms with Gasteiger partial charge in [0.1, 0.15) is 5.78 Å². The van der Waals surface area contributed by atoms with Gasteiger partial charge in [-0.25, -0.2) is 0 Å². The van der Waals surface area contributed by atoms with Gasteiger partial charge in [0, 0.05) is 11.8 Å². The predicted molar refractivity (Wildman–Crippen MR) is 41.8 cm³/mol. The second-order valence-electron chi connectivity index (χ2n) is 3.99. The molecule has 0 aliphatic heterocycles. The van der Waals surface area contributed by atoms with Crippen LogP contribution in [0.5, 0.6) is 0 Å². The molecule has 10 heavy (non-hydrogen) atoms. The summed E-state index contributed by atoms with van der Waals surface area (Å²) in [6.45, 7) is 6.29. The lowest BCUT2D eigenvalue weighted by molar-refractivity contribution is -0.124. The maximum atomic E-state index is 11.3. The predicted octanol–water partition coefficient (Wildman–Crippen LogP) is 2.40. The monoisotopic (exact) mass is 140 g/mol. The van der Waals surface area contributed by atoms with Crippen molar-refractivity contribution in [3.05, 3.63) is 0 Å². The van der Waals surface area contributed by atoms with Gasteiger partial charge >= 0.3 is 0 Å². The molecule has 1 unspecified atom stereocenters. The van der Waals surface area contributed by atoms with Crippen LogP contribution in [-0.4, -0.2) is 5.78 Å². The van der Waals surface area contributed by atoms with E-state index in [-0.39, 0.29) is 5.41 Å². The minimum absolute atomic E-state index is 0.0132. The Morgan fingerprint density at radius 2 is 2.20 bits per heavy atom. The molecular formula is C9H16O. The molecular weight excluding hydrogens is 124 g/mol. The SMILES string of the molecule is CCC1CC(=O)C(C)(C)C1. The van der Waals surface area contributed by atoms with Crippen molar-refractivity contribution in [2.75, 3.05) is 0 Å². The first kappa shape index (κ1) is 7.77. The van der Waals surface area contributed by atoms with E-state index in [2.05, 4.69) is 20.8 Å². The van der Waals surface area contributed by atoms with Crippen LogP contribution in [0.15, 0.2) is 0 Å². The van der Waals surface area contributed by atoms with E-state index in [9.17, 15) is 4.79 Å². The summed E-state index contributed by atoms with van der Waals surface area (Å²) in [6, 6.07) is 0. The third-order valence-electron chi connectivity index (χ3n) is 2.61. The smallest absolute Gasteiger partial charge is 0.138 e. The summed E-state index contributed by atoms with van der Waals surface area (Å²) in [5.41, 5.74) is -0.0132. The highest BCUT2D eigenvalue weighted by molar-refractivity contribution is 5.86. The van der Waals surface area contributed by atoms with Gasteiger partial charge in [-0.3, -0.25) is 4.79 Å². The highest BCUT2D eigenvalue weighted by atomic mass is 16.1. The van der Waals surface area contributed by atoms with E-state index >= 15 is 0 Å². The zero-order chi connectivity index (χ0) is 7.78. The number of hydrogen-bond donors (Lipinski definition) is 0. The van der Waals surface area contributed by atoms with Crippen molar-refractivity contribution in [3.63, 3.8) is 0 Å². The Morgan fingerprint density at radius 1 is 1.60 bits per heavy atom. The van der Waals surface area contributed by atoms with Crippen molar-refractivity contribution >= 4 is 5.78 Å². The number of carbonyl (C=O) groups excluding carboxylic acids is 1. The Labute approximate surface area is 62.8 Å². The molecule has 1 saturated carbocycles. The Bertz CT molecular complexity index is 147. The van der Waals surface area contributed by atoms with Crippen molar-refractivity contribution in [1.29, 1.82) is 0 Å². The van der Waals surface area contributed by atoms with Gasteiger partial charge in [0.05, 0.1) is 0 Å². The summed E-state index contributed by atoms with van der Waals surface area (Å²) in [4.78, 5) is 11.3. The topological polar surface area (TPSA) is 17.1 Å². The van der Waals surface area contributed by atoms with Gasteiger partial charge in [0.2, 0.25) is 0 Å². The lowest BCUT2D eigenvalue weighted by Gasteiger charge is -2.14. The van der Waals surface area contributed by atoms with Crippen LogP contribution in [0, 0.1) is 11.3 Å². The molecule has 0 radical (unpaired) electrons. The van der Waals surface area contributed by atoms with Crippen LogP contribution in [0.2, 0.25) is 0 Å². The Kier molecular flexibility index (Phi) is 1.84. The molecule has 0 heterocycles. The van der Waals surface area contributed by atoms with E-state index in [4.69, 9.17) is 0 Å². The normalized spacial score (nSPS) is 31.1. The molecule has 0 spiro atoms. The molecule has 1 aliphatic carbocycles. The van der Waals surface area contributed by atoms with E-state index in [0.29, 0.717) is 11.7 Å². The quantitative estimate of drug-likeness (QED) is 0.546. The van der Waals surface area contributed by atoms with E-state index in [1.54, 1.807) is 0 Å². The zero-order valence-electron chi connectivity index (χ0n) is 7.11. The third-order valence-corrected chi connectivity index (χ3v) is 2.61. The Balaban J connectivity index is 2.62. The van der Waals surface area contributed by atoms with Gasteiger partial charge in [-0.1, -0.05) is 27.2 Å². The molecule has 0 bridgehead atoms. The minimum atomic E-state index is -0.0132. The molecule has 1 fully saturated rings. The summed E-state index contributed by atoms with van der Waals surface area (Å²) in [5, 5.41) is 0. The van der Waals surface area contributed by atoms with Crippen LogP contribution in [0.25, 0.3) is 0 Å². The molecule has 1 atom stereocenters. The fourth-order valence-corrected chi connectivity index (χ4v) is 1.73. The Hall–Kier alpha value is -0.330. The number of ketones is 1. The first-order chi connectivity index (χ1) is 4.56. The molecule has 1 rings (SSSR count). The molecule has 58 valence electrons. The van der Waals surface area contributed by atoms with Crippen molar-refractivity contribution in [2.45, 2.75) is 40.0 Å². The van der Waals surface area contributed by atoms with Gasteiger partial charge in [-0.2, -0.15) is 0 Å². The summed E-state index contributed by atoms with van der Waals surface area (Å²) in [6.07, 6.45) is 3.08. The highest BCUT2D eigenvalue weighted by Crippen LogP contribution is 2.38. The van der Waals surface area contributed by atoms with Crippen molar-refractivity contribution in [3.8, 4) is 0 Å². The third kappa shape index (κ3) is 1.23. The zero-order valence-corrected chi connectivity index (χ0v) is 7.11. The van der Waals surface area contributed by atoms with Crippen molar-refractivity contribution in [2.24, 2.45) is 11.3 Å². The molecule has 0 N–H and O–H groups in total. The summed E-state index contributed by atoms with van der Waals surface area (Å²) < 4.78 is 0. The maximum absolute atomic E-state index is 11.3. The van der Waals surface area contributed by atoms with Crippen LogP contribution in [0.1, 0.15) is 40.0 Å². The lowest BCUT2D eigenvalue weighted by atomic mass is 9.89. The average molecular weight is 140 g/mol. The first-order valence-electron chi connectivity index (χ1n) is 4.09. The van der Waals surface area contributed by atoms with E-state index < -0.39 is 0 Å². The molecule has 0 aromatic rings. The van der Waals surface area contributed by atoms with Crippen molar-refractivity contribution < 1.29 is 4.79 Å². The molecule has 0 aromatic carbocycles. The van der Waals surface area contributed by atoms with E-state index in [1.165, 1.54) is 0 Å². The van der Waals surface area contributed by atoms with Gasteiger partial charge in [0.25, 0.3) is 0 Å². The van der Waals surface area contributed by atoms with Gasteiger partial charge in [0.15, 0.2) is 0 Å².